The predicted octanol–water partition coefficient (Wildman–Crippen LogP) is -0.456. The van der Waals surface area contributed by atoms with Crippen molar-refractivity contribution >= 4 is 11.8 Å². The maximum Gasteiger partial charge on any atom is 0.268 e. The molecular weight excluding hydrogens is 222 g/mol. The Morgan fingerprint density at radius 3 is 2.82 bits per heavy atom. The van der Waals surface area contributed by atoms with E-state index in [9.17, 15) is 9.59 Å². The second-order valence-electron chi connectivity index (χ2n) is 4.83. The number of hydrogen-bond donors (Lipinski definition) is 3. The summed E-state index contributed by atoms with van der Waals surface area (Å²) in [5.41, 5.74) is 7.82. The van der Waals surface area contributed by atoms with Crippen LogP contribution in [0.25, 0.3) is 0 Å². The van der Waals surface area contributed by atoms with Gasteiger partial charge in [-0.2, -0.15) is 0 Å². The molecule has 1 fully saturated rings. The average molecular weight is 243 g/mol. The van der Waals surface area contributed by atoms with Gasteiger partial charge in [0.25, 0.3) is 5.91 Å². The fourth-order valence-corrected chi connectivity index (χ4v) is 1.90. The Morgan fingerprint density at radius 2 is 2.35 bits per heavy atom. The first-order chi connectivity index (χ1) is 8.02. The second-order valence-corrected chi connectivity index (χ2v) is 4.83. The van der Waals surface area contributed by atoms with Crippen molar-refractivity contribution in [2.75, 3.05) is 13.2 Å². The number of hydrogen-bond acceptors (Lipinski definition) is 4. The molecule has 6 nitrogen and oxygen atoms in total. The highest BCUT2D eigenvalue weighted by molar-refractivity contribution is 5.88. The zero-order valence-corrected chi connectivity index (χ0v) is 10.4. The van der Waals surface area contributed by atoms with Crippen LogP contribution < -0.4 is 16.5 Å². The lowest BCUT2D eigenvalue weighted by molar-refractivity contribution is -0.129. The first kappa shape index (κ1) is 13.9. The fraction of sp³-hybridized carbons (Fsp3) is 0.818. The van der Waals surface area contributed by atoms with Crippen LogP contribution in [0.3, 0.4) is 0 Å². The molecule has 0 aromatic heterocycles. The Morgan fingerprint density at radius 1 is 1.65 bits per heavy atom. The molecule has 0 bridgehead atoms. The van der Waals surface area contributed by atoms with Gasteiger partial charge >= 0.3 is 0 Å². The third-order valence-corrected chi connectivity index (χ3v) is 2.69. The Kier molecular flexibility index (Phi) is 5.37. The molecule has 1 rings (SSSR count). The molecule has 0 aromatic rings. The summed E-state index contributed by atoms with van der Waals surface area (Å²) in [6.45, 7) is 4.86. The van der Waals surface area contributed by atoms with Gasteiger partial charge in [-0.3, -0.25) is 14.4 Å². The molecule has 17 heavy (non-hydrogen) atoms. The fourth-order valence-electron chi connectivity index (χ4n) is 1.90. The Balaban J connectivity index is 2.34. The summed E-state index contributed by atoms with van der Waals surface area (Å²) >= 11 is 0. The van der Waals surface area contributed by atoms with Crippen LogP contribution in [0.1, 0.15) is 26.7 Å². The molecule has 2 amide bonds. The summed E-state index contributed by atoms with van der Waals surface area (Å²) < 4.78 is 0. The Hall–Kier alpha value is -1.14. The Labute approximate surface area is 101 Å². The van der Waals surface area contributed by atoms with Gasteiger partial charge in [0.05, 0.1) is 0 Å². The average Bonchev–Trinajstić information content (AvgIpc) is 2.62. The largest absolute Gasteiger partial charge is 0.342 e. The van der Waals surface area contributed by atoms with Gasteiger partial charge in [0.1, 0.15) is 12.6 Å². The second kappa shape index (κ2) is 6.56. The van der Waals surface area contributed by atoms with Crippen LogP contribution in [-0.2, 0) is 14.4 Å². The van der Waals surface area contributed by atoms with Gasteiger partial charge < -0.3 is 11.1 Å². The van der Waals surface area contributed by atoms with Gasteiger partial charge in [0.2, 0.25) is 5.91 Å². The van der Waals surface area contributed by atoms with Crippen molar-refractivity contribution in [1.82, 2.24) is 10.8 Å². The van der Waals surface area contributed by atoms with Crippen molar-refractivity contribution in [3.63, 3.8) is 0 Å². The third-order valence-electron chi connectivity index (χ3n) is 2.69. The molecule has 98 valence electrons. The number of hydroxylamine groups is 1. The first-order valence-electron chi connectivity index (χ1n) is 5.94. The highest BCUT2D eigenvalue weighted by atomic mass is 16.7. The van der Waals surface area contributed by atoms with Crippen LogP contribution in [0.15, 0.2) is 0 Å². The number of nitrogens with one attached hydrogen (secondary N) is 2. The smallest absolute Gasteiger partial charge is 0.268 e. The zero-order valence-electron chi connectivity index (χ0n) is 10.4. The van der Waals surface area contributed by atoms with Gasteiger partial charge in [-0.1, -0.05) is 13.8 Å². The quantitative estimate of drug-likeness (QED) is 0.588. The molecule has 0 radical (unpaired) electrons. The van der Waals surface area contributed by atoms with Crippen molar-refractivity contribution in [3.8, 4) is 0 Å². The molecular formula is C11H21N3O3. The van der Waals surface area contributed by atoms with E-state index in [1.54, 1.807) is 0 Å². The molecule has 6 heteroatoms. The van der Waals surface area contributed by atoms with E-state index in [0.29, 0.717) is 18.9 Å². The lowest BCUT2D eigenvalue weighted by atomic mass is 9.94. The van der Waals surface area contributed by atoms with E-state index in [2.05, 4.69) is 24.6 Å². The van der Waals surface area contributed by atoms with Gasteiger partial charge in [-0.05, 0) is 24.8 Å². The molecule has 0 spiro atoms. The lowest BCUT2D eigenvalue weighted by Gasteiger charge is -2.17. The van der Waals surface area contributed by atoms with Crippen molar-refractivity contribution in [1.29, 1.82) is 0 Å². The van der Waals surface area contributed by atoms with E-state index in [0.717, 1.165) is 6.42 Å². The maximum atomic E-state index is 11.7. The first-order valence-corrected chi connectivity index (χ1v) is 5.94. The minimum Gasteiger partial charge on any atom is -0.342 e. The van der Waals surface area contributed by atoms with E-state index in [-0.39, 0.29) is 24.3 Å². The summed E-state index contributed by atoms with van der Waals surface area (Å²) in [6, 6.07) is -0.569. The molecule has 1 saturated heterocycles. The third kappa shape index (κ3) is 4.70. The van der Waals surface area contributed by atoms with E-state index in [1.807, 2.05) is 0 Å². The molecule has 0 unspecified atom stereocenters. The summed E-state index contributed by atoms with van der Waals surface area (Å²) in [4.78, 5) is 27.6. The molecule has 1 aliphatic heterocycles. The zero-order chi connectivity index (χ0) is 12.8. The predicted molar refractivity (Wildman–Crippen MR) is 62.6 cm³/mol. The van der Waals surface area contributed by atoms with Crippen LogP contribution in [-0.4, -0.2) is 31.0 Å². The number of nitrogens with two attached hydrogens (primary N) is 1. The molecule has 2 atom stereocenters. The SMILES string of the molecule is CC(C)C[C@H](CN)CC(=O)N[C@@H]1CONC1=O. The van der Waals surface area contributed by atoms with E-state index in [4.69, 9.17) is 10.6 Å². The highest BCUT2D eigenvalue weighted by Crippen LogP contribution is 2.14. The van der Waals surface area contributed by atoms with Crippen molar-refractivity contribution in [2.45, 2.75) is 32.7 Å². The monoisotopic (exact) mass is 243 g/mol. The molecule has 4 N–H and O–H groups in total. The molecule has 1 heterocycles. The maximum absolute atomic E-state index is 11.7. The van der Waals surface area contributed by atoms with Crippen LogP contribution in [0.2, 0.25) is 0 Å². The minimum absolute atomic E-state index is 0.147. The van der Waals surface area contributed by atoms with Crippen molar-refractivity contribution in [3.05, 3.63) is 0 Å². The van der Waals surface area contributed by atoms with Crippen molar-refractivity contribution < 1.29 is 14.4 Å². The molecule has 1 aliphatic rings. The number of amides is 2. The standard InChI is InChI=1S/C11H21N3O3/c1-7(2)3-8(5-12)4-10(15)13-9-6-17-14-11(9)16/h7-9H,3-6,12H2,1-2H3,(H,13,15)(H,14,16)/t8-,9+/m0/s1. The minimum atomic E-state index is -0.569. The van der Waals surface area contributed by atoms with Gasteiger partial charge in [-0.15, -0.1) is 0 Å². The topological polar surface area (TPSA) is 93.5 Å². The van der Waals surface area contributed by atoms with Crippen LogP contribution in [0.4, 0.5) is 0 Å². The van der Waals surface area contributed by atoms with E-state index in [1.165, 1.54) is 0 Å². The van der Waals surface area contributed by atoms with Gasteiger partial charge in [0, 0.05) is 6.42 Å². The molecule has 0 saturated carbocycles. The molecule has 0 aliphatic carbocycles. The Bertz CT molecular complexity index is 281. The van der Waals surface area contributed by atoms with Gasteiger partial charge in [-0.25, -0.2) is 5.48 Å². The van der Waals surface area contributed by atoms with Gasteiger partial charge in [0.15, 0.2) is 0 Å². The number of carbonyl (C=O) groups is 2. The summed E-state index contributed by atoms with van der Waals surface area (Å²) in [5.74, 6) is 0.230. The summed E-state index contributed by atoms with van der Waals surface area (Å²) in [5, 5.41) is 2.64. The highest BCUT2D eigenvalue weighted by Gasteiger charge is 2.27. The molecule has 0 aromatic carbocycles. The van der Waals surface area contributed by atoms with Crippen LogP contribution in [0.5, 0.6) is 0 Å². The number of carbonyl (C=O) groups excluding carboxylic acids is 2. The number of rotatable bonds is 6. The lowest BCUT2D eigenvalue weighted by Crippen LogP contribution is -2.42. The van der Waals surface area contributed by atoms with E-state index < -0.39 is 6.04 Å². The van der Waals surface area contributed by atoms with E-state index >= 15 is 0 Å². The normalized spacial score (nSPS) is 21.4. The van der Waals surface area contributed by atoms with Crippen LogP contribution in [0, 0.1) is 11.8 Å². The van der Waals surface area contributed by atoms with Crippen molar-refractivity contribution in [2.24, 2.45) is 17.6 Å². The summed E-state index contributed by atoms with van der Waals surface area (Å²) in [6.07, 6.45) is 1.27. The van der Waals surface area contributed by atoms with Crippen LogP contribution >= 0.6 is 0 Å². The summed E-state index contributed by atoms with van der Waals surface area (Å²) in [7, 11) is 0.